The van der Waals surface area contributed by atoms with Gasteiger partial charge in [-0.25, -0.2) is 0 Å². The highest BCUT2D eigenvalue weighted by Crippen LogP contribution is 2.27. The molecule has 3 aromatic rings. The highest BCUT2D eigenvalue weighted by molar-refractivity contribution is 6.03. The number of nitrogens with zero attached hydrogens (tertiary/aromatic N) is 1. The lowest BCUT2D eigenvalue weighted by molar-refractivity contribution is -0.115. The number of anilines is 1. The minimum absolute atomic E-state index is 0.236. The summed E-state index contributed by atoms with van der Waals surface area (Å²) in [6.07, 6.45) is 4.34. The summed E-state index contributed by atoms with van der Waals surface area (Å²) in [7, 11) is 0. The van der Waals surface area contributed by atoms with Crippen LogP contribution in [0.4, 0.5) is 5.69 Å². The number of aromatic amines is 1. The Morgan fingerprint density at radius 2 is 2.07 bits per heavy atom. The third-order valence-corrected chi connectivity index (χ3v) is 4.25. The molecule has 0 atom stereocenters. The van der Waals surface area contributed by atoms with Gasteiger partial charge in [-0.15, -0.1) is 0 Å². The largest absolute Gasteiger partial charge is 0.488 e. The summed E-state index contributed by atoms with van der Waals surface area (Å²) in [5.41, 5.74) is 3.32. The van der Waals surface area contributed by atoms with Gasteiger partial charge in [0.05, 0.1) is 18.0 Å². The van der Waals surface area contributed by atoms with E-state index in [0.29, 0.717) is 29.6 Å². The number of carbonyl (C=O) groups is 1. The standard InChI is InChI=1S/C21H19N3O3/c1-14-8-11-26-20(14)21(25)24-15-4-2-5-16(12-15)27-17-7-10-23-19(13-17)18-6-3-9-22-18/h2-7,9-10,12-13,22H,8,11H2,1H3,(H,24,25). The molecular weight excluding hydrogens is 342 g/mol. The van der Waals surface area contributed by atoms with E-state index in [1.807, 2.05) is 49.5 Å². The Hall–Kier alpha value is -3.54. The van der Waals surface area contributed by atoms with E-state index in [0.717, 1.165) is 23.4 Å². The summed E-state index contributed by atoms with van der Waals surface area (Å²) < 4.78 is 11.3. The summed E-state index contributed by atoms with van der Waals surface area (Å²) in [6.45, 7) is 2.47. The molecule has 1 amide bonds. The minimum Gasteiger partial charge on any atom is -0.488 e. The van der Waals surface area contributed by atoms with Gasteiger partial charge in [0.15, 0.2) is 5.76 Å². The van der Waals surface area contributed by atoms with Crippen LogP contribution in [0.15, 0.2) is 72.3 Å². The van der Waals surface area contributed by atoms with Crippen molar-refractivity contribution in [3.8, 4) is 22.9 Å². The fraction of sp³-hybridized carbons (Fsp3) is 0.143. The maximum atomic E-state index is 12.3. The van der Waals surface area contributed by atoms with E-state index in [-0.39, 0.29) is 5.91 Å². The molecule has 3 heterocycles. The zero-order valence-electron chi connectivity index (χ0n) is 14.9. The predicted octanol–water partition coefficient (Wildman–Crippen LogP) is 4.50. The first-order chi connectivity index (χ1) is 13.2. The maximum absolute atomic E-state index is 12.3. The lowest BCUT2D eigenvalue weighted by Gasteiger charge is -2.10. The summed E-state index contributed by atoms with van der Waals surface area (Å²) in [5, 5.41) is 2.86. The van der Waals surface area contributed by atoms with Crippen molar-refractivity contribution in [1.29, 1.82) is 0 Å². The molecular formula is C21H19N3O3. The predicted molar refractivity (Wildman–Crippen MR) is 102 cm³/mol. The van der Waals surface area contributed by atoms with E-state index in [1.165, 1.54) is 0 Å². The Morgan fingerprint density at radius 1 is 1.19 bits per heavy atom. The zero-order valence-corrected chi connectivity index (χ0v) is 14.9. The van der Waals surface area contributed by atoms with E-state index in [4.69, 9.17) is 9.47 Å². The normalized spacial score (nSPS) is 13.4. The van der Waals surface area contributed by atoms with Crippen LogP contribution in [-0.4, -0.2) is 22.5 Å². The number of aromatic nitrogens is 2. The molecule has 2 N–H and O–H groups in total. The van der Waals surface area contributed by atoms with E-state index in [2.05, 4.69) is 15.3 Å². The van der Waals surface area contributed by atoms with E-state index in [9.17, 15) is 4.79 Å². The van der Waals surface area contributed by atoms with Crippen molar-refractivity contribution in [3.05, 3.63) is 72.3 Å². The Labute approximate surface area is 156 Å². The highest BCUT2D eigenvalue weighted by atomic mass is 16.5. The van der Waals surface area contributed by atoms with E-state index < -0.39 is 0 Å². The van der Waals surface area contributed by atoms with Gasteiger partial charge in [0.2, 0.25) is 0 Å². The Morgan fingerprint density at radius 3 is 2.85 bits per heavy atom. The molecule has 0 fully saturated rings. The van der Waals surface area contributed by atoms with Crippen molar-refractivity contribution in [2.24, 2.45) is 0 Å². The maximum Gasteiger partial charge on any atom is 0.290 e. The number of carbonyl (C=O) groups excluding carboxylic acids is 1. The molecule has 0 saturated carbocycles. The number of rotatable bonds is 5. The number of ether oxygens (including phenoxy) is 2. The molecule has 27 heavy (non-hydrogen) atoms. The molecule has 136 valence electrons. The number of nitrogens with one attached hydrogen (secondary N) is 2. The monoisotopic (exact) mass is 361 g/mol. The molecule has 0 saturated heterocycles. The molecule has 0 unspecified atom stereocenters. The van der Waals surface area contributed by atoms with Crippen molar-refractivity contribution in [2.45, 2.75) is 13.3 Å². The third-order valence-electron chi connectivity index (χ3n) is 4.25. The molecule has 2 aromatic heterocycles. The van der Waals surface area contributed by atoms with Gasteiger partial charge in [0.1, 0.15) is 11.5 Å². The average molecular weight is 361 g/mol. The SMILES string of the molecule is CC1=C(C(=O)Nc2cccc(Oc3ccnc(-c4ccc[nH]4)c3)c2)OCC1. The topological polar surface area (TPSA) is 76.2 Å². The first-order valence-electron chi connectivity index (χ1n) is 8.71. The quantitative estimate of drug-likeness (QED) is 0.701. The first kappa shape index (κ1) is 16.9. The molecule has 4 rings (SSSR count). The fourth-order valence-corrected chi connectivity index (χ4v) is 2.88. The molecule has 1 aliphatic rings. The van der Waals surface area contributed by atoms with Crippen LogP contribution in [0.2, 0.25) is 0 Å². The highest BCUT2D eigenvalue weighted by Gasteiger charge is 2.20. The smallest absolute Gasteiger partial charge is 0.290 e. The summed E-state index contributed by atoms with van der Waals surface area (Å²) in [6, 6.07) is 14.8. The van der Waals surface area contributed by atoms with Gasteiger partial charge in [0, 0.05) is 36.6 Å². The molecule has 1 aliphatic heterocycles. The van der Waals surface area contributed by atoms with Gasteiger partial charge in [-0.05, 0) is 42.8 Å². The molecule has 0 radical (unpaired) electrons. The van der Waals surface area contributed by atoms with Gasteiger partial charge < -0.3 is 19.8 Å². The first-order valence-corrected chi connectivity index (χ1v) is 8.71. The fourth-order valence-electron chi connectivity index (χ4n) is 2.88. The van der Waals surface area contributed by atoms with Crippen molar-refractivity contribution >= 4 is 11.6 Å². The summed E-state index contributed by atoms with van der Waals surface area (Å²) in [4.78, 5) is 19.8. The van der Waals surface area contributed by atoms with E-state index in [1.54, 1.807) is 18.3 Å². The Balaban J connectivity index is 1.49. The van der Waals surface area contributed by atoms with Gasteiger partial charge in [-0.1, -0.05) is 6.07 Å². The van der Waals surface area contributed by atoms with Crippen LogP contribution in [0.25, 0.3) is 11.4 Å². The Bertz CT molecular complexity index is 993. The second kappa shape index (κ2) is 7.37. The van der Waals surface area contributed by atoms with Crippen LogP contribution < -0.4 is 10.1 Å². The van der Waals surface area contributed by atoms with Crippen molar-refractivity contribution in [1.82, 2.24) is 9.97 Å². The zero-order chi connectivity index (χ0) is 18.6. The van der Waals surface area contributed by atoms with Gasteiger partial charge in [-0.3, -0.25) is 9.78 Å². The van der Waals surface area contributed by atoms with Crippen LogP contribution in [0.3, 0.4) is 0 Å². The van der Waals surface area contributed by atoms with E-state index >= 15 is 0 Å². The van der Waals surface area contributed by atoms with Crippen molar-refractivity contribution in [2.75, 3.05) is 11.9 Å². The number of pyridine rings is 1. The molecule has 0 bridgehead atoms. The number of benzene rings is 1. The van der Waals surface area contributed by atoms with Crippen LogP contribution in [0.5, 0.6) is 11.5 Å². The van der Waals surface area contributed by atoms with Crippen LogP contribution in [0.1, 0.15) is 13.3 Å². The van der Waals surface area contributed by atoms with Gasteiger partial charge in [0.25, 0.3) is 5.91 Å². The van der Waals surface area contributed by atoms with Gasteiger partial charge in [-0.2, -0.15) is 0 Å². The lowest BCUT2D eigenvalue weighted by Crippen LogP contribution is -2.15. The number of H-pyrrole nitrogens is 1. The second-order valence-corrected chi connectivity index (χ2v) is 6.25. The molecule has 6 nitrogen and oxygen atoms in total. The number of hydrogen-bond acceptors (Lipinski definition) is 4. The molecule has 0 spiro atoms. The van der Waals surface area contributed by atoms with Crippen molar-refractivity contribution in [3.63, 3.8) is 0 Å². The molecule has 6 heteroatoms. The number of amides is 1. The van der Waals surface area contributed by atoms with Crippen LogP contribution in [0, 0.1) is 0 Å². The average Bonchev–Trinajstić information content (AvgIpc) is 3.34. The third kappa shape index (κ3) is 3.84. The summed E-state index contributed by atoms with van der Waals surface area (Å²) in [5.74, 6) is 1.45. The lowest BCUT2D eigenvalue weighted by atomic mass is 10.2. The summed E-state index contributed by atoms with van der Waals surface area (Å²) >= 11 is 0. The van der Waals surface area contributed by atoms with Crippen LogP contribution >= 0.6 is 0 Å². The number of hydrogen-bond donors (Lipinski definition) is 2. The van der Waals surface area contributed by atoms with Crippen LogP contribution in [-0.2, 0) is 9.53 Å². The van der Waals surface area contributed by atoms with Crippen molar-refractivity contribution < 1.29 is 14.3 Å². The molecule has 0 aliphatic carbocycles. The van der Waals surface area contributed by atoms with Gasteiger partial charge >= 0.3 is 0 Å². The Kier molecular flexibility index (Phi) is 4.61. The minimum atomic E-state index is -0.236. The second-order valence-electron chi connectivity index (χ2n) is 6.25. The molecule has 1 aromatic carbocycles.